The van der Waals surface area contributed by atoms with E-state index in [1.807, 2.05) is 22.6 Å². The summed E-state index contributed by atoms with van der Waals surface area (Å²) in [6.45, 7) is 0. The maximum atomic E-state index is 11.0. The number of fused-ring (bicyclic) bond motifs is 2. The molecule has 2 nitrogen and oxygen atoms in total. The van der Waals surface area contributed by atoms with Gasteiger partial charge in [-0.1, -0.05) is 0 Å². The van der Waals surface area contributed by atoms with Crippen molar-refractivity contribution in [2.45, 2.75) is 31.3 Å². The Morgan fingerprint density at radius 1 is 1.50 bits per heavy atom. The average Bonchev–Trinajstić information content (AvgIpc) is 2.44. The minimum atomic E-state index is 0.194. The fourth-order valence-electron chi connectivity index (χ4n) is 2.11. The maximum absolute atomic E-state index is 11.0. The number of piperidine rings is 1. The highest BCUT2D eigenvalue weighted by atomic mass is 127. The highest BCUT2D eigenvalue weighted by Crippen LogP contribution is 2.36. The second-order valence-electron chi connectivity index (χ2n) is 3.22. The number of rotatable bonds is 1. The summed E-state index contributed by atoms with van der Waals surface area (Å²) in [4.78, 5) is 11.0. The molecule has 1 aliphatic heterocycles. The predicted octanol–water partition coefficient (Wildman–Crippen LogP) is 1.09. The molecule has 0 aromatic carbocycles. The molecule has 3 heteroatoms. The molecular formula is C7H10INO. The lowest BCUT2D eigenvalue weighted by Crippen LogP contribution is -2.39. The summed E-state index contributed by atoms with van der Waals surface area (Å²) in [7, 11) is 0. The number of hydrogen-bond donors (Lipinski definition) is 1. The van der Waals surface area contributed by atoms with E-state index in [2.05, 4.69) is 5.32 Å². The topological polar surface area (TPSA) is 29.1 Å². The fourth-order valence-corrected chi connectivity index (χ4v) is 2.80. The third-order valence-corrected chi connectivity index (χ3v) is 3.28. The van der Waals surface area contributed by atoms with Crippen molar-refractivity contribution in [3.8, 4) is 0 Å². The van der Waals surface area contributed by atoms with E-state index >= 15 is 0 Å². The standard InChI is InChI=1S/C7H10INO/c8-7(10)6-4-1-2-5(3-4)9-6/h4-6,9H,1-3H2/t4-,5+,6-/m0/s1. The van der Waals surface area contributed by atoms with Crippen LogP contribution in [0.4, 0.5) is 0 Å². The fraction of sp³-hybridized carbons (Fsp3) is 0.857. The molecule has 10 heavy (non-hydrogen) atoms. The van der Waals surface area contributed by atoms with E-state index in [1.54, 1.807) is 0 Å². The molecule has 1 aliphatic carbocycles. The van der Waals surface area contributed by atoms with Crippen molar-refractivity contribution < 1.29 is 4.79 Å². The summed E-state index contributed by atoms with van der Waals surface area (Å²) in [5, 5.41) is 3.33. The lowest BCUT2D eigenvalue weighted by molar-refractivity contribution is -0.112. The predicted molar refractivity (Wildman–Crippen MR) is 47.1 cm³/mol. The van der Waals surface area contributed by atoms with Gasteiger partial charge in [-0.15, -0.1) is 0 Å². The lowest BCUT2D eigenvalue weighted by atomic mass is 10.0. The summed E-state index contributed by atoms with van der Waals surface area (Å²) in [6.07, 6.45) is 3.78. The second-order valence-corrected chi connectivity index (χ2v) is 4.28. The summed E-state index contributed by atoms with van der Waals surface area (Å²) >= 11 is 1.90. The molecule has 1 N–H and O–H groups in total. The zero-order valence-corrected chi connectivity index (χ0v) is 7.80. The van der Waals surface area contributed by atoms with Gasteiger partial charge in [-0.2, -0.15) is 0 Å². The van der Waals surface area contributed by atoms with Crippen molar-refractivity contribution in [2.75, 3.05) is 0 Å². The van der Waals surface area contributed by atoms with Crippen LogP contribution in [0, 0.1) is 5.92 Å². The molecule has 2 fully saturated rings. The molecule has 2 aliphatic rings. The van der Waals surface area contributed by atoms with Gasteiger partial charge < -0.3 is 5.32 Å². The van der Waals surface area contributed by atoms with Crippen LogP contribution in [0.15, 0.2) is 0 Å². The van der Waals surface area contributed by atoms with E-state index in [4.69, 9.17) is 0 Å². The van der Waals surface area contributed by atoms with Crippen LogP contribution >= 0.6 is 22.6 Å². The first-order valence-electron chi connectivity index (χ1n) is 3.73. The zero-order valence-electron chi connectivity index (χ0n) is 5.64. The summed E-state index contributed by atoms with van der Waals surface area (Å²) < 4.78 is 0.296. The quantitative estimate of drug-likeness (QED) is 0.558. The van der Waals surface area contributed by atoms with Crippen LogP contribution < -0.4 is 5.32 Å². The van der Waals surface area contributed by atoms with Crippen LogP contribution in [0.2, 0.25) is 0 Å². The molecule has 0 aromatic rings. The van der Waals surface area contributed by atoms with E-state index in [9.17, 15) is 4.79 Å². The second kappa shape index (κ2) is 2.44. The molecule has 3 atom stereocenters. The van der Waals surface area contributed by atoms with Gasteiger partial charge in [0.25, 0.3) is 0 Å². The Morgan fingerprint density at radius 2 is 2.30 bits per heavy atom. The SMILES string of the molecule is O=C(I)[C@H]1N[C@@H]2CC[C@H]1C2. The van der Waals surface area contributed by atoms with Crippen LogP contribution in [-0.2, 0) is 4.79 Å². The third-order valence-electron chi connectivity index (χ3n) is 2.60. The zero-order chi connectivity index (χ0) is 7.14. The molecule has 1 saturated carbocycles. The number of hydrogen-bond acceptors (Lipinski definition) is 2. The van der Waals surface area contributed by atoms with Gasteiger partial charge in [0, 0.05) is 28.6 Å². The van der Waals surface area contributed by atoms with Crippen molar-refractivity contribution in [1.82, 2.24) is 5.32 Å². The van der Waals surface area contributed by atoms with Crippen LogP contribution in [0.5, 0.6) is 0 Å². The van der Waals surface area contributed by atoms with Crippen molar-refractivity contribution >= 4 is 26.4 Å². The van der Waals surface area contributed by atoms with E-state index < -0.39 is 0 Å². The lowest BCUT2D eigenvalue weighted by Gasteiger charge is -2.18. The molecular weight excluding hydrogens is 241 g/mol. The van der Waals surface area contributed by atoms with Crippen molar-refractivity contribution in [3.05, 3.63) is 0 Å². The third kappa shape index (κ3) is 0.993. The summed E-state index contributed by atoms with van der Waals surface area (Å²) in [5.41, 5.74) is 0. The van der Waals surface area contributed by atoms with Crippen molar-refractivity contribution in [1.29, 1.82) is 0 Å². The van der Waals surface area contributed by atoms with Crippen LogP contribution in [0.1, 0.15) is 19.3 Å². The molecule has 1 heterocycles. The number of carbonyl (C=O) groups is 1. The smallest absolute Gasteiger partial charge is 0.209 e. The molecule has 56 valence electrons. The van der Waals surface area contributed by atoms with Gasteiger partial charge in [-0.3, -0.25) is 4.79 Å². The Kier molecular flexibility index (Phi) is 1.72. The Balaban J connectivity index is 2.08. The van der Waals surface area contributed by atoms with Gasteiger partial charge in [-0.05, 0) is 25.2 Å². The van der Waals surface area contributed by atoms with E-state index in [0.717, 1.165) is 0 Å². The minimum absolute atomic E-state index is 0.194. The monoisotopic (exact) mass is 251 g/mol. The van der Waals surface area contributed by atoms with Crippen molar-refractivity contribution in [3.63, 3.8) is 0 Å². The number of nitrogens with one attached hydrogen (secondary N) is 1. The van der Waals surface area contributed by atoms with Crippen LogP contribution in [0.3, 0.4) is 0 Å². The molecule has 0 aromatic heterocycles. The van der Waals surface area contributed by atoms with E-state index in [1.165, 1.54) is 19.3 Å². The van der Waals surface area contributed by atoms with Crippen LogP contribution in [0.25, 0.3) is 0 Å². The first kappa shape index (κ1) is 7.03. The Bertz CT molecular complexity index is 171. The Labute approximate surface area is 73.9 Å². The molecule has 1 saturated heterocycles. The first-order valence-corrected chi connectivity index (χ1v) is 4.80. The van der Waals surface area contributed by atoms with Gasteiger partial charge in [-0.25, -0.2) is 0 Å². The van der Waals surface area contributed by atoms with Gasteiger partial charge in [0.15, 0.2) is 0 Å². The summed E-state index contributed by atoms with van der Waals surface area (Å²) in [5.74, 6) is 0.661. The van der Waals surface area contributed by atoms with Gasteiger partial charge in [0.2, 0.25) is 3.79 Å². The Hall–Kier alpha value is 0.360. The van der Waals surface area contributed by atoms with Gasteiger partial charge in [0.1, 0.15) is 0 Å². The minimum Gasteiger partial charge on any atom is -0.304 e. The number of halogens is 1. The normalized spacial score (nSPS) is 44.3. The van der Waals surface area contributed by atoms with Gasteiger partial charge >= 0.3 is 0 Å². The summed E-state index contributed by atoms with van der Waals surface area (Å²) in [6, 6.07) is 0.855. The molecule has 0 amide bonds. The van der Waals surface area contributed by atoms with Gasteiger partial charge in [0.05, 0.1) is 6.04 Å². The maximum Gasteiger partial charge on any atom is 0.209 e. The first-order chi connectivity index (χ1) is 4.77. The molecule has 2 bridgehead atoms. The van der Waals surface area contributed by atoms with Crippen molar-refractivity contribution in [2.24, 2.45) is 5.92 Å². The van der Waals surface area contributed by atoms with Crippen LogP contribution in [-0.4, -0.2) is 15.9 Å². The van der Waals surface area contributed by atoms with E-state index in [0.29, 0.717) is 15.7 Å². The molecule has 0 unspecified atom stereocenters. The highest BCUT2D eigenvalue weighted by molar-refractivity contribution is 14.1. The Morgan fingerprint density at radius 3 is 2.60 bits per heavy atom. The molecule has 2 rings (SSSR count). The van der Waals surface area contributed by atoms with E-state index in [-0.39, 0.29) is 6.04 Å². The average molecular weight is 251 g/mol. The largest absolute Gasteiger partial charge is 0.304 e. The highest BCUT2D eigenvalue weighted by Gasteiger charge is 2.41. The molecule has 0 radical (unpaired) electrons. The molecule has 0 spiro atoms. The number of carbonyl (C=O) groups excluding carboxylic acids is 1.